The van der Waals surface area contributed by atoms with Crippen LogP contribution in [0.5, 0.6) is 0 Å². The summed E-state index contributed by atoms with van der Waals surface area (Å²) in [5, 5.41) is 3.58. The van der Waals surface area contributed by atoms with E-state index in [0.717, 1.165) is 11.8 Å². The number of hydrogen-bond acceptors (Lipinski definition) is 2. The predicted molar refractivity (Wildman–Crippen MR) is 74.1 cm³/mol. The molecule has 0 heterocycles. The third-order valence-electron chi connectivity index (χ3n) is 5.04. The van der Waals surface area contributed by atoms with Crippen molar-refractivity contribution in [2.75, 3.05) is 6.54 Å². The van der Waals surface area contributed by atoms with Crippen LogP contribution in [0.25, 0.3) is 0 Å². The summed E-state index contributed by atoms with van der Waals surface area (Å²) in [5.74, 6) is 1.71. The van der Waals surface area contributed by atoms with E-state index in [1.807, 2.05) is 13.8 Å². The van der Waals surface area contributed by atoms with E-state index >= 15 is 0 Å². The largest absolute Gasteiger partial charge is 0.369 e. The summed E-state index contributed by atoms with van der Waals surface area (Å²) in [6.45, 7) is 4.56. The highest BCUT2D eigenvalue weighted by Gasteiger charge is 2.33. The number of rotatable bonds is 4. The van der Waals surface area contributed by atoms with Gasteiger partial charge in [0.15, 0.2) is 0 Å². The highest BCUT2D eigenvalue weighted by molar-refractivity contribution is 5.80. The zero-order valence-corrected chi connectivity index (χ0v) is 11.9. The van der Waals surface area contributed by atoms with Crippen molar-refractivity contribution in [2.45, 2.75) is 64.8 Å². The topological polar surface area (TPSA) is 55.1 Å². The van der Waals surface area contributed by atoms with Crippen molar-refractivity contribution in [1.82, 2.24) is 5.32 Å². The molecule has 0 bridgehead atoms. The Hall–Kier alpha value is -0.570. The van der Waals surface area contributed by atoms with Crippen LogP contribution in [0.2, 0.25) is 0 Å². The van der Waals surface area contributed by atoms with E-state index in [1.54, 1.807) is 0 Å². The predicted octanol–water partition coefficient (Wildman–Crippen LogP) is 2.45. The monoisotopic (exact) mass is 252 g/mol. The van der Waals surface area contributed by atoms with E-state index in [1.165, 1.54) is 44.9 Å². The van der Waals surface area contributed by atoms with Crippen molar-refractivity contribution in [2.24, 2.45) is 23.0 Å². The van der Waals surface area contributed by atoms with Crippen LogP contribution < -0.4 is 11.1 Å². The Morgan fingerprint density at radius 2 is 1.83 bits per heavy atom. The highest BCUT2D eigenvalue weighted by atomic mass is 16.1. The van der Waals surface area contributed by atoms with Gasteiger partial charge in [-0.2, -0.15) is 0 Å². The van der Waals surface area contributed by atoms with Crippen molar-refractivity contribution < 1.29 is 4.79 Å². The fraction of sp³-hybridized carbons (Fsp3) is 0.933. The Labute approximate surface area is 111 Å². The molecular formula is C15H28N2O. The molecule has 3 nitrogen and oxygen atoms in total. The van der Waals surface area contributed by atoms with E-state index in [9.17, 15) is 4.79 Å². The third kappa shape index (κ3) is 3.25. The zero-order chi connectivity index (χ0) is 13.2. The second kappa shape index (κ2) is 5.60. The smallest absolute Gasteiger partial charge is 0.224 e. The summed E-state index contributed by atoms with van der Waals surface area (Å²) in [6.07, 6.45) is 9.68. The Bertz CT molecular complexity index is 301. The zero-order valence-electron chi connectivity index (χ0n) is 11.9. The fourth-order valence-electron chi connectivity index (χ4n) is 3.55. The maximum atomic E-state index is 11.3. The standard InChI is InChI=1S/C15H28N2O/c1-15(2,14(16)18)10-17-13-8-7-11-5-3-4-6-12(11)9-13/h11-13,17H,3-10H2,1-2H3,(H2,16,18). The van der Waals surface area contributed by atoms with Crippen LogP contribution in [-0.4, -0.2) is 18.5 Å². The number of nitrogens with two attached hydrogens (primary N) is 1. The van der Waals surface area contributed by atoms with Gasteiger partial charge in [-0.05, 0) is 44.9 Å². The number of fused-ring (bicyclic) bond motifs is 1. The number of amides is 1. The summed E-state index contributed by atoms with van der Waals surface area (Å²) in [6, 6.07) is 0.600. The second-order valence-electron chi connectivity index (χ2n) is 6.94. The first-order valence-corrected chi connectivity index (χ1v) is 7.52. The van der Waals surface area contributed by atoms with Gasteiger partial charge in [0, 0.05) is 12.6 Å². The van der Waals surface area contributed by atoms with Crippen LogP contribution in [0.4, 0.5) is 0 Å². The summed E-state index contributed by atoms with van der Waals surface area (Å²) in [5.41, 5.74) is 4.99. The summed E-state index contributed by atoms with van der Waals surface area (Å²) >= 11 is 0. The third-order valence-corrected chi connectivity index (χ3v) is 5.04. The molecule has 3 heteroatoms. The number of nitrogens with one attached hydrogen (secondary N) is 1. The lowest BCUT2D eigenvalue weighted by Gasteiger charge is -2.40. The molecule has 0 aromatic heterocycles. The van der Waals surface area contributed by atoms with Crippen molar-refractivity contribution in [3.05, 3.63) is 0 Å². The Kier molecular flexibility index (Phi) is 4.31. The number of carbonyl (C=O) groups is 1. The molecule has 3 unspecified atom stereocenters. The molecule has 3 N–H and O–H groups in total. The van der Waals surface area contributed by atoms with Crippen molar-refractivity contribution in [3.8, 4) is 0 Å². The molecule has 2 rings (SSSR count). The minimum absolute atomic E-state index is 0.207. The maximum absolute atomic E-state index is 11.3. The molecular weight excluding hydrogens is 224 g/mol. The Morgan fingerprint density at radius 3 is 2.50 bits per heavy atom. The fourth-order valence-corrected chi connectivity index (χ4v) is 3.55. The molecule has 0 aliphatic heterocycles. The molecule has 1 amide bonds. The van der Waals surface area contributed by atoms with Gasteiger partial charge in [-0.3, -0.25) is 4.79 Å². The SMILES string of the molecule is CC(C)(CNC1CCC2CCCCC2C1)C(N)=O. The van der Waals surface area contributed by atoms with E-state index in [4.69, 9.17) is 5.73 Å². The molecule has 0 aromatic rings. The molecule has 18 heavy (non-hydrogen) atoms. The molecule has 2 aliphatic carbocycles. The lowest BCUT2D eigenvalue weighted by Crippen LogP contribution is -2.46. The molecule has 0 aromatic carbocycles. The highest BCUT2D eigenvalue weighted by Crippen LogP contribution is 2.40. The Balaban J connectivity index is 1.79. The van der Waals surface area contributed by atoms with Crippen LogP contribution in [0, 0.1) is 17.3 Å². The average Bonchev–Trinajstić information content (AvgIpc) is 2.36. The first kappa shape index (κ1) is 13.9. The first-order valence-electron chi connectivity index (χ1n) is 7.52. The van der Waals surface area contributed by atoms with Gasteiger partial charge in [0.25, 0.3) is 0 Å². The van der Waals surface area contributed by atoms with Crippen LogP contribution in [-0.2, 0) is 4.79 Å². The van der Waals surface area contributed by atoms with Crippen molar-refractivity contribution in [1.29, 1.82) is 0 Å². The molecule has 0 spiro atoms. The molecule has 3 atom stereocenters. The van der Waals surface area contributed by atoms with Gasteiger partial charge in [-0.1, -0.05) is 25.7 Å². The lowest BCUT2D eigenvalue weighted by molar-refractivity contribution is -0.125. The van der Waals surface area contributed by atoms with Gasteiger partial charge in [-0.15, -0.1) is 0 Å². The quantitative estimate of drug-likeness (QED) is 0.807. The van der Waals surface area contributed by atoms with E-state index in [2.05, 4.69) is 5.32 Å². The van der Waals surface area contributed by atoms with Crippen LogP contribution >= 0.6 is 0 Å². The molecule has 2 saturated carbocycles. The van der Waals surface area contributed by atoms with E-state index in [0.29, 0.717) is 12.6 Å². The van der Waals surface area contributed by atoms with Gasteiger partial charge in [0.05, 0.1) is 5.41 Å². The number of primary amides is 1. The van der Waals surface area contributed by atoms with Gasteiger partial charge in [-0.25, -0.2) is 0 Å². The second-order valence-corrected chi connectivity index (χ2v) is 6.94. The minimum Gasteiger partial charge on any atom is -0.369 e. The summed E-state index contributed by atoms with van der Waals surface area (Å²) < 4.78 is 0. The summed E-state index contributed by atoms with van der Waals surface area (Å²) in [7, 11) is 0. The lowest BCUT2D eigenvalue weighted by atomic mass is 9.69. The van der Waals surface area contributed by atoms with Gasteiger partial charge in [0.2, 0.25) is 5.91 Å². The van der Waals surface area contributed by atoms with Crippen molar-refractivity contribution >= 4 is 5.91 Å². The van der Waals surface area contributed by atoms with Gasteiger partial charge >= 0.3 is 0 Å². The molecule has 2 fully saturated rings. The average molecular weight is 252 g/mol. The molecule has 2 aliphatic rings. The van der Waals surface area contributed by atoms with Crippen LogP contribution in [0.1, 0.15) is 58.8 Å². The first-order chi connectivity index (χ1) is 8.49. The Morgan fingerprint density at radius 1 is 1.17 bits per heavy atom. The van der Waals surface area contributed by atoms with Gasteiger partial charge in [0.1, 0.15) is 0 Å². The van der Waals surface area contributed by atoms with Crippen LogP contribution in [0.15, 0.2) is 0 Å². The normalized spacial score (nSPS) is 32.9. The molecule has 0 saturated heterocycles. The minimum atomic E-state index is -0.427. The number of hydrogen-bond donors (Lipinski definition) is 2. The van der Waals surface area contributed by atoms with Gasteiger partial charge < -0.3 is 11.1 Å². The molecule has 104 valence electrons. The van der Waals surface area contributed by atoms with Crippen molar-refractivity contribution in [3.63, 3.8) is 0 Å². The van der Waals surface area contributed by atoms with E-state index in [-0.39, 0.29) is 5.91 Å². The summed E-state index contributed by atoms with van der Waals surface area (Å²) in [4.78, 5) is 11.3. The van der Waals surface area contributed by atoms with Crippen LogP contribution in [0.3, 0.4) is 0 Å². The maximum Gasteiger partial charge on any atom is 0.224 e. The molecule has 0 radical (unpaired) electrons. The van der Waals surface area contributed by atoms with E-state index < -0.39 is 5.41 Å². The number of carbonyl (C=O) groups excluding carboxylic acids is 1.